The fraction of sp³-hybridized carbons (Fsp3) is 0.500. The number of hydrogen-bond donors (Lipinski definition) is 1. The van der Waals surface area contributed by atoms with E-state index >= 15 is 0 Å². The van der Waals surface area contributed by atoms with E-state index in [1.807, 2.05) is 12.1 Å². The van der Waals surface area contributed by atoms with E-state index in [0.29, 0.717) is 5.56 Å². The standard InChI is InChI=1S/C18H24N2O/c1-13(21)16-6-5-14(12-19)11-17(16)20-9-7-15(8-10-20)18(2,3)4/h5-7,11,13,21H,8-10H2,1-4H3/t13-/m0/s1. The third kappa shape index (κ3) is 3.46. The summed E-state index contributed by atoms with van der Waals surface area (Å²) in [7, 11) is 0. The second kappa shape index (κ2) is 5.91. The maximum absolute atomic E-state index is 9.96. The predicted molar refractivity (Wildman–Crippen MR) is 86.2 cm³/mol. The Morgan fingerprint density at radius 1 is 1.33 bits per heavy atom. The van der Waals surface area contributed by atoms with Crippen molar-refractivity contribution in [2.24, 2.45) is 5.41 Å². The molecule has 21 heavy (non-hydrogen) atoms. The van der Waals surface area contributed by atoms with Gasteiger partial charge >= 0.3 is 0 Å². The van der Waals surface area contributed by atoms with E-state index in [-0.39, 0.29) is 5.41 Å². The molecule has 1 aliphatic heterocycles. The minimum Gasteiger partial charge on any atom is -0.389 e. The van der Waals surface area contributed by atoms with Gasteiger partial charge in [-0.15, -0.1) is 0 Å². The highest BCUT2D eigenvalue weighted by atomic mass is 16.3. The molecule has 3 nitrogen and oxygen atoms in total. The number of rotatable bonds is 2. The highest BCUT2D eigenvalue weighted by molar-refractivity contribution is 5.59. The van der Waals surface area contributed by atoms with Crippen molar-refractivity contribution in [1.29, 1.82) is 5.26 Å². The van der Waals surface area contributed by atoms with Crippen molar-refractivity contribution in [2.75, 3.05) is 18.0 Å². The number of aliphatic hydroxyl groups is 1. The molecule has 0 aromatic heterocycles. The van der Waals surface area contributed by atoms with E-state index in [2.05, 4.69) is 37.8 Å². The van der Waals surface area contributed by atoms with E-state index < -0.39 is 6.10 Å². The van der Waals surface area contributed by atoms with E-state index in [9.17, 15) is 5.11 Å². The van der Waals surface area contributed by atoms with Gasteiger partial charge in [-0.05, 0) is 30.9 Å². The van der Waals surface area contributed by atoms with Crippen molar-refractivity contribution in [3.63, 3.8) is 0 Å². The Hall–Kier alpha value is -1.79. The van der Waals surface area contributed by atoms with Gasteiger partial charge < -0.3 is 10.0 Å². The largest absolute Gasteiger partial charge is 0.389 e. The molecule has 0 saturated carbocycles. The molecule has 0 fully saturated rings. The normalized spacial score (nSPS) is 17.1. The summed E-state index contributed by atoms with van der Waals surface area (Å²) in [6.07, 6.45) is 2.79. The first-order valence-corrected chi connectivity index (χ1v) is 7.49. The van der Waals surface area contributed by atoms with Crippen molar-refractivity contribution >= 4 is 5.69 Å². The van der Waals surface area contributed by atoms with Crippen LogP contribution >= 0.6 is 0 Å². The lowest BCUT2D eigenvalue weighted by Crippen LogP contribution is -2.32. The molecule has 0 aliphatic carbocycles. The van der Waals surface area contributed by atoms with Crippen LogP contribution in [-0.4, -0.2) is 18.2 Å². The van der Waals surface area contributed by atoms with Crippen LogP contribution in [0.1, 0.15) is 51.3 Å². The minimum atomic E-state index is -0.527. The minimum absolute atomic E-state index is 0.216. The Morgan fingerprint density at radius 2 is 2.05 bits per heavy atom. The molecule has 0 bridgehead atoms. The molecule has 112 valence electrons. The van der Waals surface area contributed by atoms with Crippen LogP contribution in [0.2, 0.25) is 0 Å². The zero-order chi connectivity index (χ0) is 15.6. The van der Waals surface area contributed by atoms with Gasteiger partial charge in [0.15, 0.2) is 0 Å². The van der Waals surface area contributed by atoms with Gasteiger partial charge in [-0.2, -0.15) is 5.26 Å². The van der Waals surface area contributed by atoms with Crippen LogP contribution < -0.4 is 4.90 Å². The number of nitriles is 1. The SMILES string of the molecule is C[C@H](O)c1ccc(C#N)cc1N1CC=C(C(C)(C)C)CC1. The van der Waals surface area contributed by atoms with Gasteiger partial charge in [0.1, 0.15) is 0 Å². The molecular weight excluding hydrogens is 260 g/mol. The van der Waals surface area contributed by atoms with Gasteiger partial charge in [0, 0.05) is 24.3 Å². The van der Waals surface area contributed by atoms with Gasteiger partial charge in [-0.25, -0.2) is 0 Å². The lowest BCUT2D eigenvalue weighted by molar-refractivity contribution is 0.199. The van der Waals surface area contributed by atoms with Crippen LogP contribution in [0, 0.1) is 16.7 Å². The maximum Gasteiger partial charge on any atom is 0.0992 e. The summed E-state index contributed by atoms with van der Waals surface area (Å²) in [5.74, 6) is 0. The number of nitrogens with zero attached hydrogens (tertiary/aromatic N) is 2. The molecule has 1 N–H and O–H groups in total. The van der Waals surface area contributed by atoms with E-state index in [4.69, 9.17) is 5.26 Å². The smallest absolute Gasteiger partial charge is 0.0992 e. The highest BCUT2D eigenvalue weighted by Gasteiger charge is 2.23. The fourth-order valence-corrected chi connectivity index (χ4v) is 2.81. The number of aliphatic hydroxyl groups excluding tert-OH is 1. The lowest BCUT2D eigenvalue weighted by atomic mass is 9.83. The molecule has 0 spiro atoms. The Balaban J connectivity index is 2.31. The van der Waals surface area contributed by atoms with Gasteiger partial charge in [-0.3, -0.25) is 0 Å². The molecule has 2 rings (SSSR count). The number of anilines is 1. The predicted octanol–water partition coefficient (Wildman–Crippen LogP) is 3.79. The first-order chi connectivity index (χ1) is 9.82. The van der Waals surface area contributed by atoms with Crippen LogP contribution in [0.5, 0.6) is 0 Å². The Labute approximate surface area is 127 Å². The molecule has 1 aromatic rings. The van der Waals surface area contributed by atoms with Crippen LogP contribution in [0.25, 0.3) is 0 Å². The summed E-state index contributed by atoms with van der Waals surface area (Å²) in [4.78, 5) is 2.25. The molecule has 3 heteroatoms. The van der Waals surface area contributed by atoms with Gasteiger partial charge in [0.2, 0.25) is 0 Å². The van der Waals surface area contributed by atoms with Crippen LogP contribution in [0.3, 0.4) is 0 Å². The third-order valence-electron chi connectivity index (χ3n) is 4.12. The van der Waals surface area contributed by atoms with Gasteiger partial charge in [0.25, 0.3) is 0 Å². The van der Waals surface area contributed by atoms with Crippen LogP contribution in [0.15, 0.2) is 29.8 Å². The zero-order valence-corrected chi connectivity index (χ0v) is 13.3. The molecule has 0 saturated heterocycles. The van der Waals surface area contributed by atoms with Crippen LogP contribution in [0.4, 0.5) is 5.69 Å². The highest BCUT2D eigenvalue weighted by Crippen LogP contribution is 2.34. The summed E-state index contributed by atoms with van der Waals surface area (Å²) in [5.41, 5.74) is 4.21. The van der Waals surface area contributed by atoms with Crippen molar-refractivity contribution in [3.8, 4) is 6.07 Å². The summed E-state index contributed by atoms with van der Waals surface area (Å²) >= 11 is 0. The second-order valence-electron chi connectivity index (χ2n) is 6.74. The molecular formula is C18H24N2O. The average molecular weight is 284 g/mol. The summed E-state index contributed by atoms with van der Waals surface area (Å²) < 4.78 is 0. The Morgan fingerprint density at radius 3 is 2.52 bits per heavy atom. The lowest BCUT2D eigenvalue weighted by Gasteiger charge is -2.34. The van der Waals surface area contributed by atoms with Crippen molar-refractivity contribution < 1.29 is 5.11 Å². The molecule has 1 heterocycles. The maximum atomic E-state index is 9.96. The van der Waals surface area contributed by atoms with E-state index in [0.717, 1.165) is 30.8 Å². The summed E-state index contributed by atoms with van der Waals surface area (Å²) in [5, 5.41) is 19.1. The van der Waals surface area contributed by atoms with Gasteiger partial charge in [-0.1, -0.05) is 38.5 Å². The first-order valence-electron chi connectivity index (χ1n) is 7.49. The molecule has 1 aliphatic rings. The van der Waals surface area contributed by atoms with Crippen molar-refractivity contribution in [3.05, 3.63) is 41.0 Å². The first kappa shape index (κ1) is 15.6. The molecule has 0 radical (unpaired) electrons. The fourth-order valence-electron chi connectivity index (χ4n) is 2.81. The molecule has 0 unspecified atom stereocenters. The van der Waals surface area contributed by atoms with E-state index in [1.165, 1.54) is 5.57 Å². The quantitative estimate of drug-likeness (QED) is 0.840. The summed E-state index contributed by atoms with van der Waals surface area (Å²) in [6, 6.07) is 7.70. The number of benzene rings is 1. The monoisotopic (exact) mass is 284 g/mol. The topological polar surface area (TPSA) is 47.3 Å². The van der Waals surface area contributed by atoms with Crippen molar-refractivity contribution in [2.45, 2.75) is 40.2 Å². The average Bonchev–Trinajstić information content (AvgIpc) is 2.45. The third-order valence-corrected chi connectivity index (χ3v) is 4.12. The number of hydrogen-bond acceptors (Lipinski definition) is 3. The summed E-state index contributed by atoms with van der Waals surface area (Å²) in [6.45, 7) is 10.3. The van der Waals surface area contributed by atoms with Gasteiger partial charge in [0.05, 0.1) is 17.7 Å². The van der Waals surface area contributed by atoms with E-state index in [1.54, 1.807) is 13.0 Å². The Bertz CT molecular complexity index is 588. The second-order valence-corrected chi connectivity index (χ2v) is 6.74. The van der Waals surface area contributed by atoms with Crippen molar-refractivity contribution in [1.82, 2.24) is 0 Å². The zero-order valence-electron chi connectivity index (χ0n) is 13.3. The molecule has 1 atom stereocenters. The molecule has 0 amide bonds. The molecule has 1 aromatic carbocycles. The Kier molecular flexibility index (Phi) is 4.39. The van der Waals surface area contributed by atoms with Crippen LogP contribution in [-0.2, 0) is 0 Å².